The molecule has 128 valence electrons. The van der Waals surface area contributed by atoms with E-state index in [1.54, 1.807) is 30.5 Å². The molecule has 24 heavy (non-hydrogen) atoms. The van der Waals surface area contributed by atoms with Gasteiger partial charge in [0, 0.05) is 6.08 Å². The van der Waals surface area contributed by atoms with E-state index in [9.17, 15) is 4.79 Å². The highest BCUT2D eigenvalue weighted by molar-refractivity contribution is 6.32. The van der Waals surface area contributed by atoms with Gasteiger partial charge in [-0.15, -0.1) is 0 Å². The van der Waals surface area contributed by atoms with E-state index in [0.29, 0.717) is 28.9 Å². The number of hydrogen-bond donors (Lipinski definition) is 1. The number of furan rings is 1. The molecule has 0 unspecified atom stereocenters. The Bertz CT molecular complexity index is 710. The lowest BCUT2D eigenvalue weighted by Gasteiger charge is -2.12. The third-order valence-electron chi connectivity index (χ3n) is 3.29. The second kappa shape index (κ2) is 8.45. The van der Waals surface area contributed by atoms with Crippen LogP contribution in [0.5, 0.6) is 11.5 Å². The van der Waals surface area contributed by atoms with Crippen LogP contribution in [0.3, 0.4) is 0 Å². The largest absolute Gasteiger partial charge is 0.491 e. The Kier molecular flexibility index (Phi) is 6.32. The molecule has 1 aromatic carbocycles. The summed E-state index contributed by atoms with van der Waals surface area (Å²) in [5.41, 5.74) is 0.741. The van der Waals surface area contributed by atoms with Crippen LogP contribution in [0.15, 0.2) is 41.0 Å². The fourth-order valence-corrected chi connectivity index (χ4v) is 2.48. The maximum absolute atomic E-state index is 12.0. The fraction of sp³-hybridized carbons (Fsp3) is 0.278. The van der Waals surface area contributed by atoms with Crippen LogP contribution in [0.2, 0.25) is 5.02 Å². The topological polar surface area (TPSA) is 60.7 Å². The Labute approximate surface area is 146 Å². The first-order valence-corrected chi connectivity index (χ1v) is 7.95. The lowest BCUT2D eigenvalue weighted by atomic mass is 10.1. The van der Waals surface area contributed by atoms with E-state index in [-0.39, 0.29) is 11.9 Å². The quantitative estimate of drug-likeness (QED) is 0.760. The van der Waals surface area contributed by atoms with E-state index < -0.39 is 0 Å². The standard InChI is InChI=1S/C18H20ClNO4/c1-4-23-16-11-13(10-14(19)18(16)22-3)7-8-17(21)20-12(2)15-6-5-9-24-15/h5-12H,4H2,1-3H3,(H,20,21)/b8-7+/t12-/m0/s1. The second-order valence-corrected chi connectivity index (χ2v) is 5.45. The minimum Gasteiger partial charge on any atom is -0.491 e. The number of ether oxygens (including phenoxy) is 2. The number of carbonyl (C=O) groups is 1. The van der Waals surface area contributed by atoms with Gasteiger partial charge >= 0.3 is 0 Å². The highest BCUT2D eigenvalue weighted by atomic mass is 35.5. The third-order valence-corrected chi connectivity index (χ3v) is 3.57. The van der Waals surface area contributed by atoms with Gasteiger partial charge in [0.1, 0.15) is 5.76 Å². The summed E-state index contributed by atoms with van der Waals surface area (Å²) in [6.07, 6.45) is 4.67. The maximum Gasteiger partial charge on any atom is 0.244 e. The molecule has 0 aliphatic rings. The van der Waals surface area contributed by atoms with Crippen LogP contribution >= 0.6 is 11.6 Å². The summed E-state index contributed by atoms with van der Waals surface area (Å²) in [4.78, 5) is 12.0. The van der Waals surface area contributed by atoms with E-state index in [4.69, 9.17) is 25.5 Å². The first-order chi connectivity index (χ1) is 11.5. The van der Waals surface area contributed by atoms with Crippen molar-refractivity contribution in [2.75, 3.05) is 13.7 Å². The molecule has 5 nitrogen and oxygen atoms in total. The molecule has 2 rings (SSSR count). The highest BCUT2D eigenvalue weighted by Crippen LogP contribution is 2.36. The first kappa shape index (κ1) is 17.9. The van der Waals surface area contributed by atoms with Crippen LogP contribution in [0.1, 0.15) is 31.2 Å². The molecule has 0 aliphatic carbocycles. The van der Waals surface area contributed by atoms with Crippen molar-refractivity contribution in [3.8, 4) is 11.5 Å². The van der Waals surface area contributed by atoms with Crippen molar-refractivity contribution in [3.63, 3.8) is 0 Å². The number of nitrogens with one attached hydrogen (secondary N) is 1. The minimum absolute atomic E-state index is 0.212. The van der Waals surface area contributed by atoms with Gasteiger partial charge in [-0.3, -0.25) is 4.79 Å². The number of methoxy groups -OCH3 is 1. The predicted octanol–water partition coefficient (Wildman–Crippen LogP) is 4.23. The average Bonchev–Trinajstić information content (AvgIpc) is 3.08. The number of carbonyl (C=O) groups excluding carboxylic acids is 1. The lowest BCUT2D eigenvalue weighted by Crippen LogP contribution is -2.24. The van der Waals surface area contributed by atoms with Gasteiger partial charge in [-0.1, -0.05) is 11.6 Å². The zero-order chi connectivity index (χ0) is 17.5. The number of benzene rings is 1. The van der Waals surface area contributed by atoms with Crippen LogP contribution in [-0.2, 0) is 4.79 Å². The molecule has 0 spiro atoms. The molecule has 1 aromatic heterocycles. The van der Waals surface area contributed by atoms with Crippen molar-refractivity contribution in [1.82, 2.24) is 5.32 Å². The van der Waals surface area contributed by atoms with Crippen LogP contribution in [0.4, 0.5) is 0 Å². The number of halogens is 1. The van der Waals surface area contributed by atoms with Crippen LogP contribution in [0, 0.1) is 0 Å². The van der Waals surface area contributed by atoms with Crippen molar-refractivity contribution >= 4 is 23.6 Å². The second-order valence-electron chi connectivity index (χ2n) is 5.05. The molecular weight excluding hydrogens is 330 g/mol. The number of rotatable bonds is 7. The molecule has 0 bridgehead atoms. The minimum atomic E-state index is -0.233. The summed E-state index contributed by atoms with van der Waals surface area (Å²) in [5.74, 6) is 1.48. The van der Waals surface area contributed by atoms with Gasteiger partial charge in [-0.2, -0.15) is 0 Å². The lowest BCUT2D eigenvalue weighted by molar-refractivity contribution is -0.117. The van der Waals surface area contributed by atoms with Gasteiger partial charge in [0.25, 0.3) is 0 Å². The molecule has 0 radical (unpaired) electrons. The molecule has 6 heteroatoms. The summed E-state index contributed by atoms with van der Waals surface area (Å²) in [6.45, 7) is 4.21. The van der Waals surface area contributed by atoms with E-state index in [1.807, 2.05) is 19.9 Å². The van der Waals surface area contributed by atoms with Crippen molar-refractivity contribution in [1.29, 1.82) is 0 Å². The maximum atomic E-state index is 12.0. The highest BCUT2D eigenvalue weighted by Gasteiger charge is 2.12. The summed E-state index contributed by atoms with van der Waals surface area (Å²) in [5, 5.41) is 3.24. The Balaban J connectivity index is 2.09. The SMILES string of the molecule is CCOc1cc(/C=C/C(=O)N[C@@H](C)c2ccco2)cc(Cl)c1OC. The van der Waals surface area contributed by atoms with Crippen LogP contribution in [0.25, 0.3) is 6.08 Å². The molecule has 0 fully saturated rings. The van der Waals surface area contributed by atoms with Crippen molar-refractivity contribution in [2.24, 2.45) is 0 Å². The van der Waals surface area contributed by atoms with Gasteiger partial charge in [0.15, 0.2) is 11.5 Å². The van der Waals surface area contributed by atoms with E-state index in [1.165, 1.54) is 13.2 Å². The van der Waals surface area contributed by atoms with Gasteiger partial charge in [-0.25, -0.2) is 0 Å². The summed E-state index contributed by atoms with van der Waals surface area (Å²) in [6, 6.07) is 6.86. The van der Waals surface area contributed by atoms with Crippen LogP contribution < -0.4 is 14.8 Å². The third kappa shape index (κ3) is 4.55. The molecule has 2 aromatic rings. The molecule has 1 atom stereocenters. The zero-order valence-corrected chi connectivity index (χ0v) is 14.6. The molecule has 0 saturated carbocycles. The summed E-state index contributed by atoms with van der Waals surface area (Å²) >= 11 is 6.19. The number of hydrogen-bond acceptors (Lipinski definition) is 4. The Morgan fingerprint density at radius 3 is 2.88 bits per heavy atom. The van der Waals surface area contributed by atoms with Gasteiger partial charge < -0.3 is 19.2 Å². The Morgan fingerprint density at radius 2 is 2.25 bits per heavy atom. The molecular formula is C18H20ClNO4. The molecule has 0 aliphatic heterocycles. The Hall–Kier alpha value is -2.40. The summed E-state index contributed by atoms with van der Waals surface area (Å²) < 4.78 is 16.0. The van der Waals surface area contributed by atoms with Crippen molar-refractivity contribution in [2.45, 2.75) is 19.9 Å². The van der Waals surface area contributed by atoms with Gasteiger partial charge in [0.2, 0.25) is 5.91 Å². The fourth-order valence-electron chi connectivity index (χ4n) is 2.19. The van der Waals surface area contributed by atoms with Crippen molar-refractivity contribution in [3.05, 3.63) is 53.0 Å². The van der Waals surface area contributed by atoms with Gasteiger partial charge in [-0.05, 0) is 49.8 Å². The monoisotopic (exact) mass is 349 g/mol. The van der Waals surface area contributed by atoms with E-state index in [0.717, 1.165) is 5.56 Å². The summed E-state index contributed by atoms with van der Waals surface area (Å²) in [7, 11) is 1.53. The average molecular weight is 350 g/mol. The first-order valence-electron chi connectivity index (χ1n) is 7.57. The predicted molar refractivity (Wildman–Crippen MR) is 93.5 cm³/mol. The van der Waals surface area contributed by atoms with Crippen LogP contribution in [-0.4, -0.2) is 19.6 Å². The molecule has 1 amide bonds. The van der Waals surface area contributed by atoms with E-state index in [2.05, 4.69) is 5.32 Å². The zero-order valence-electron chi connectivity index (χ0n) is 13.8. The van der Waals surface area contributed by atoms with E-state index >= 15 is 0 Å². The number of amides is 1. The molecule has 0 saturated heterocycles. The Morgan fingerprint density at radius 1 is 1.46 bits per heavy atom. The normalized spacial score (nSPS) is 12.2. The molecule has 1 N–H and O–H groups in total. The van der Waals surface area contributed by atoms with Gasteiger partial charge in [0.05, 0.1) is 31.0 Å². The van der Waals surface area contributed by atoms with Crippen molar-refractivity contribution < 1.29 is 18.7 Å². The molecule has 1 heterocycles. The smallest absolute Gasteiger partial charge is 0.244 e.